The molecule has 0 bridgehead atoms. The van der Waals surface area contributed by atoms with Crippen molar-refractivity contribution in [2.24, 2.45) is 0 Å². The Kier molecular flexibility index (Phi) is 5.04. The van der Waals surface area contributed by atoms with Gasteiger partial charge in [0.25, 0.3) is 0 Å². The summed E-state index contributed by atoms with van der Waals surface area (Å²) in [6.45, 7) is 0.324. The fraction of sp³-hybridized carbons (Fsp3) is 0.833. The summed E-state index contributed by atoms with van der Waals surface area (Å²) in [4.78, 5) is 22.3. The zero-order chi connectivity index (χ0) is 15.5. The van der Waals surface area contributed by atoms with E-state index in [0.29, 0.717) is 25.7 Å². The van der Waals surface area contributed by atoms with Crippen molar-refractivity contribution in [1.82, 2.24) is 10.6 Å². The predicted molar refractivity (Wildman–Crippen MR) is 73.7 cm³/mol. The van der Waals surface area contributed by atoms with Gasteiger partial charge in [0.15, 0.2) is 15.9 Å². The van der Waals surface area contributed by atoms with Gasteiger partial charge >= 0.3 is 12.0 Å². The standard InChI is InChI=1S/C12H20N2O6S/c15-11(16)10-4-3-8(20-10)6-13-12(17)14-7-9-2-1-5-21(9,18)19/h8-10H,1-7H2,(H,15,16)(H2,13,14,17). The first-order chi connectivity index (χ1) is 9.88. The van der Waals surface area contributed by atoms with E-state index in [9.17, 15) is 18.0 Å². The summed E-state index contributed by atoms with van der Waals surface area (Å²) in [5.41, 5.74) is 0. The molecular weight excluding hydrogens is 300 g/mol. The van der Waals surface area contributed by atoms with Gasteiger partial charge in [0.05, 0.1) is 17.1 Å². The van der Waals surface area contributed by atoms with Crippen molar-refractivity contribution in [3.63, 3.8) is 0 Å². The molecule has 9 heteroatoms. The minimum absolute atomic E-state index is 0.109. The molecule has 0 aliphatic carbocycles. The number of carboxylic acid groups (broad SMARTS) is 1. The Bertz CT molecular complexity index is 506. The van der Waals surface area contributed by atoms with Gasteiger partial charge in [0, 0.05) is 13.1 Å². The molecule has 2 saturated heterocycles. The van der Waals surface area contributed by atoms with Crippen molar-refractivity contribution in [3.8, 4) is 0 Å². The number of sulfone groups is 1. The maximum absolute atomic E-state index is 11.6. The van der Waals surface area contributed by atoms with Gasteiger partial charge in [0.2, 0.25) is 0 Å². The number of amides is 2. The van der Waals surface area contributed by atoms with Crippen LogP contribution in [0.3, 0.4) is 0 Å². The van der Waals surface area contributed by atoms with E-state index in [4.69, 9.17) is 9.84 Å². The van der Waals surface area contributed by atoms with Gasteiger partial charge in [-0.15, -0.1) is 0 Å². The minimum atomic E-state index is -3.06. The highest BCUT2D eigenvalue weighted by molar-refractivity contribution is 7.92. The van der Waals surface area contributed by atoms with Crippen LogP contribution in [0.2, 0.25) is 0 Å². The second-order valence-corrected chi connectivity index (χ2v) is 7.79. The highest BCUT2D eigenvalue weighted by Gasteiger charge is 2.32. The van der Waals surface area contributed by atoms with Crippen molar-refractivity contribution in [3.05, 3.63) is 0 Å². The number of urea groups is 1. The Balaban J connectivity index is 1.65. The van der Waals surface area contributed by atoms with Crippen LogP contribution in [0.4, 0.5) is 4.79 Å². The topological polar surface area (TPSA) is 122 Å². The van der Waals surface area contributed by atoms with Gasteiger partial charge in [0.1, 0.15) is 0 Å². The summed E-state index contributed by atoms with van der Waals surface area (Å²) < 4.78 is 28.4. The molecule has 0 aromatic carbocycles. The van der Waals surface area contributed by atoms with Gasteiger partial charge in [-0.25, -0.2) is 18.0 Å². The van der Waals surface area contributed by atoms with E-state index in [0.717, 1.165) is 0 Å². The van der Waals surface area contributed by atoms with Crippen LogP contribution in [0.15, 0.2) is 0 Å². The molecule has 21 heavy (non-hydrogen) atoms. The van der Waals surface area contributed by atoms with Gasteiger partial charge in [-0.05, 0) is 25.7 Å². The molecule has 0 aromatic rings. The zero-order valence-electron chi connectivity index (χ0n) is 11.6. The SMILES string of the molecule is O=C(NCC1CCC(C(=O)O)O1)NCC1CCCS1(=O)=O. The largest absolute Gasteiger partial charge is 0.479 e. The van der Waals surface area contributed by atoms with Crippen LogP contribution < -0.4 is 10.6 Å². The normalized spacial score (nSPS) is 31.0. The smallest absolute Gasteiger partial charge is 0.332 e. The van der Waals surface area contributed by atoms with Gasteiger partial charge in [-0.3, -0.25) is 0 Å². The van der Waals surface area contributed by atoms with E-state index in [1.54, 1.807) is 0 Å². The summed E-state index contributed by atoms with van der Waals surface area (Å²) in [5.74, 6) is -0.804. The molecule has 2 fully saturated rings. The molecule has 0 radical (unpaired) electrons. The average Bonchev–Trinajstić information content (AvgIpc) is 3.00. The first-order valence-electron chi connectivity index (χ1n) is 7.00. The van der Waals surface area contributed by atoms with Gasteiger partial charge in [-0.1, -0.05) is 0 Å². The van der Waals surface area contributed by atoms with Crippen LogP contribution in [-0.2, 0) is 19.4 Å². The van der Waals surface area contributed by atoms with Crippen LogP contribution in [0.5, 0.6) is 0 Å². The molecular formula is C12H20N2O6S. The third-order valence-corrected chi connectivity index (χ3v) is 6.10. The van der Waals surface area contributed by atoms with Crippen molar-refractivity contribution in [1.29, 1.82) is 0 Å². The first-order valence-corrected chi connectivity index (χ1v) is 8.71. The molecule has 3 unspecified atom stereocenters. The number of aliphatic carboxylic acids is 1. The third-order valence-electron chi connectivity index (χ3n) is 3.83. The third kappa shape index (κ3) is 4.31. The number of carbonyl (C=O) groups is 2. The summed E-state index contributed by atoms with van der Waals surface area (Å²) in [6, 6.07) is -0.459. The van der Waals surface area contributed by atoms with E-state index in [2.05, 4.69) is 10.6 Å². The molecule has 0 aromatic heterocycles. The maximum atomic E-state index is 11.6. The molecule has 2 heterocycles. The molecule has 3 N–H and O–H groups in total. The van der Waals surface area contributed by atoms with Crippen molar-refractivity contribution < 1.29 is 27.9 Å². The Labute approximate surface area is 123 Å². The van der Waals surface area contributed by atoms with Crippen LogP contribution in [-0.4, -0.2) is 61.8 Å². The van der Waals surface area contributed by atoms with E-state index in [1.807, 2.05) is 0 Å². The lowest BCUT2D eigenvalue weighted by Gasteiger charge is -2.14. The molecule has 2 amide bonds. The van der Waals surface area contributed by atoms with Crippen LogP contribution in [0, 0.1) is 0 Å². The number of hydrogen-bond donors (Lipinski definition) is 3. The molecule has 8 nitrogen and oxygen atoms in total. The lowest BCUT2D eigenvalue weighted by Crippen LogP contribution is -2.43. The molecule has 3 atom stereocenters. The van der Waals surface area contributed by atoms with Crippen LogP contribution in [0.25, 0.3) is 0 Å². The van der Waals surface area contributed by atoms with Gasteiger partial charge in [-0.2, -0.15) is 0 Å². The zero-order valence-corrected chi connectivity index (χ0v) is 12.4. The summed E-state index contributed by atoms with van der Waals surface area (Å²) >= 11 is 0. The second-order valence-electron chi connectivity index (χ2n) is 5.38. The molecule has 2 aliphatic heterocycles. The molecule has 2 rings (SSSR count). The van der Waals surface area contributed by atoms with E-state index < -0.39 is 33.2 Å². The molecule has 2 aliphatic rings. The maximum Gasteiger partial charge on any atom is 0.332 e. The number of ether oxygens (including phenoxy) is 1. The first kappa shape index (κ1) is 16.0. The second kappa shape index (κ2) is 6.61. The fourth-order valence-electron chi connectivity index (χ4n) is 2.60. The summed E-state index contributed by atoms with van der Waals surface area (Å²) in [6.07, 6.45) is 1.12. The highest BCUT2D eigenvalue weighted by atomic mass is 32.2. The van der Waals surface area contributed by atoms with E-state index in [-0.39, 0.29) is 24.9 Å². The number of carboxylic acids is 1. The van der Waals surface area contributed by atoms with Crippen molar-refractivity contribution in [2.45, 2.75) is 43.1 Å². The molecule has 0 spiro atoms. The Morgan fingerprint density at radius 2 is 1.86 bits per heavy atom. The predicted octanol–water partition coefficient (Wildman–Crippen LogP) is -0.505. The fourth-order valence-corrected chi connectivity index (χ4v) is 4.37. The van der Waals surface area contributed by atoms with Gasteiger partial charge < -0.3 is 20.5 Å². The number of carbonyl (C=O) groups excluding carboxylic acids is 1. The van der Waals surface area contributed by atoms with Crippen LogP contribution in [0.1, 0.15) is 25.7 Å². The summed E-state index contributed by atoms with van der Waals surface area (Å²) in [5, 5.41) is 13.4. The minimum Gasteiger partial charge on any atom is -0.479 e. The lowest BCUT2D eigenvalue weighted by molar-refractivity contribution is -0.149. The average molecular weight is 320 g/mol. The molecule has 0 saturated carbocycles. The van der Waals surface area contributed by atoms with Crippen molar-refractivity contribution >= 4 is 21.8 Å². The summed E-state index contributed by atoms with van der Waals surface area (Å²) in [7, 11) is -3.06. The number of rotatable bonds is 5. The molecule has 120 valence electrons. The van der Waals surface area contributed by atoms with Crippen LogP contribution >= 0.6 is 0 Å². The number of hydrogen-bond acceptors (Lipinski definition) is 5. The lowest BCUT2D eigenvalue weighted by atomic mass is 10.2. The van der Waals surface area contributed by atoms with Crippen molar-refractivity contribution in [2.75, 3.05) is 18.8 Å². The Hall–Kier alpha value is -1.35. The van der Waals surface area contributed by atoms with E-state index in [1.165, 1.54) is 0 Å². The monoisotopic (exact) mass is 320 g/mol. The van der Waals surface area contributed by atoms with E-state index >= 15 is 0 Å². The quantitative estimate of drug-likeness (QED) is 0.627. The Morgan fingerprint density at radius 3 is 2.43 bits per heavy atom. The highest BCUT2D eigenvalue weighted by Crippen LogP contribution is 2.20. The Morgan fingerprint density at radius 1 is 1.14 bits per heavy atom. The number of nitrogens with one attached hydrogen (secondary N) is 2.